The molecular formula is C15H15FN2O2. The van der Waals surface area contributed by atoms with Crippen molar-refractivity contribution in [1.29, 1.82) is 5.26 Å². The van der Waals surface area contributed by atoms with E-state index < -0.39 is 0 Å². The van der Waals surface area contributed by atoms with Crippen molar-refractivity contribution in [1.82, 2.24) is 5.32 Å². The van der Waals surface area contributed by atoms with Crippen LogP contribution in [0.15, 0.2) is 34.7 Å². The Hall–Kier alpha value is -2.32. The zero-order chi connectivity index (χ0) is 14.5. The quantitative estimate of drug-likeness (QED) is 0.910. The molecule has 0 aliphatic carbocycles. The van der Waals surface area contributed by atoms with Gasteiger partial charge in [-0.25, -0.2) is 4.39 Å². The van der Waals surface area contributed by atoms with E-state index in [-0.39, 0.29) is 23.4 Å². The van der Waals surface area contributed by atoms with E-state index >= 15 is 0 Å². The number of nitrogens with one attached hydrogen (secondary N) is 1. The molecular weight excluding hydrogens is 259 g/mol. The molecule has 1 atom stereocenters. The molecule has 0 saturated heterocycles. The zero-order valence-electron chi connectivity index (χ0n) is 11.3. The first-order valence-corrected chi connectivity index (χ1v) is 6.19. The summed E-state index contributed by atoms with van der Waals surface area (Å²) in [6.07, 6.45) is 0. The lowest BCUT2D eigenvalue weighted by atomic mass is 10.1. The smallest absolute Gasteiger partial charge is 0.203 e. The third kappa shape index (κ3) is 3.16. The van der Waals surface area contributed by atoms with Crippen LogP contribution in [-0.4, -0.2) is 7.11 Å². The normalized spacial score (nSPS) is 11.9. The van der Waals surface area contributed by atoms with E-state index in [1.807, 2.05) is 19.1 Å². The van der Waals surface area contributed by atoms with E-state index in [9.17, 15) is 4.39 Å². The third-order valence-corrected chi connectivity index (χ3v) is 3.03. The van der Waals surface area contributed by atoms with Crippen LogP contribution in [-0.2, 0) is 6.54 Å². The summed E-state index contributed by atoms with van der Waals surface area (Å²) in [4.78, 5) is 0. The molecule has 1 N–H and O–H groups in total. The Morgan fingerprint density at radius 2 is 2.20 bits per heavy atom. The number of benzene rings is 1. The lowest BCUT2D eigenvalue weighted by molar-refractivity contribution is 0.385. The van der Waals surface area contributed by atoms with Gasteiger partial charge in [-0.2, -0.15) is 5.26 Å². The molecule has 1 heterocycles. The first-order chi connectivity index (χ1) is 9.63. The molecule has 1 aromatic heterocycles. The summed E-state index contributed by atoms with van der Waals surface area (Å²) in [6.45, 7) is 2.39. The summed E-state index contributed by atoms with van der Waals surface area (Å²) in [5.74, 6) is 0.793. The first kappa shape index (κ1) is 14.1. The van der Waals surface area contributed by atoms with Gasteiger partial charge in [-0.15, -0.1) is 0 Å². The van der Waals surface area contributed by atoms with Crippen molar-refractivity contribution < 1.29 is 13.5 Å². The second kappa shape index (κ2) is 6.22. The van der Waals surface area contributed by atoms with Gasteiger partial charge in [0.15, 0.2) is 11.6 Å². The zero-order valence-corrected chi connectivity index (χ0v) is 11.3. The van der Waals surface area contributed by atoms with Gasteiger partial charge >= 0.3 is 0 Å². The predicted octanol–water partition coefficient (Wildman–Crippen LogP) is 3.15. The van der Waals surface area contributed by atoms with E-state index in [0.717, 1.165) is 5.56 Å². The molecule has 1 aromatic carbocycles. The molecule has 0 fully saturated rings. The number of rotatable bonds is 5. The Balaban J connectivity index is 1.99. The Bertz CT molecular complexity index is 631. The molecule has 0 radical (unpaired) electrons. The van der Waals surface area contributed by atoms with Crippen LogP contribution < -0.4 is 10.1 Å². The summed E-state index contributed by atoms with van der Waals surface area (Å²) in [5, 5.41) is 11.9. The van der Waals surface area contributed by atoms with Crippen molar-refractivity contribution in [2.75, 3.05) is 7.11 Å². The minimum absolute atomic E-state index is 0.0500. The molecule has 0 saturated carbocycles. The highest BCUT2D eigenvalue weighted by molar-refractivity contribution is 5.30. The summed E-state index contributed by atoms with van der Waals surface area (Å²) < 4.78 is 23.8. The van der Waals surface area contributed by atoms with E-state index in [2.05, 4.69) is 5.32 Å². The molecule has 0 aliphatic heterocycles. The monoisotopic (exact) mass is 274 g/mol. The van der Waals surface area contributed by atoms with Crippen molar-refractivity contribution in [3.63, 3.8) is 0 Å². The van der Waals surface area contributed by atoms with Gasteiger partial charge in [-0.1, -0.05) is 6.07 Å². The highest BCUT2D eigenvalue weighted by Crippen LogP contribution is 2.22. The lowest BCUT2D eigenvalue weighted by Gasteiger charge is -2.14. The Morgan fingerprint density at radius 3 is 2.80 bits per heavy atom. The Labute approximate surface area is 116 Å². The summed E-state index contributed by atoms with van der Waals surface area (Å²) in [5.41, 5.74) is 0.815. The van der Waals surface area contributed by atoms with Crippen LogP contribution in [0.2, 0.25) is 0 Å². The molecule has 0 spiro atoms. The maximum atomic E-state index is 13.6. The topological polar surface area (TPSA) is 58.2 Å². The van der Waals surface area contributed by atoms with Crippen LogP contribution in [0.5, 0.6) is 5.75 Å². The number of hydrogen-bond donors (Lipinski definition) is 1. The average molecular weight is 274 g/mol. The average Bonchev–Trinajstić information content (AvgIpc) is 2.92. The first-order valence-electron chi connectivity index (χ1n) is 6.19. The van der Waals surface area contributed by atoms with Crippen LogP contribution in [0.3, 0.4) is 0 Å². The lowest BCUT2D eigenvalue weighted by Crippen LogP contribution is -2.17. The van der Waals surface area contributed by atoms with Crippen molar-refractivity contribution in [2.45, 2.75) is 19.5 Å². The molecule has 0 aliphatic rings. The van der Waals surface area contributed by atoms with Gasteiger partial charge in [-0.05, 0) is 36.8 Å². The number of nitriles is 1. The molecule has 104 valence electrons. The van der Waals surface area contributed by atoms with Crippen LogP contribution in [0.25, 0.3) is 0 Å². The summed E-state index contributed by atoms with van der Waals surface area (Å²) in [6, 6.07) is 10.1. The minimum Gasteiger partial charge on any atom is -0.494 e. The molecule has 5 heteroatoms. The number of hydrogen-bond acceptors (Lipinski definition) is 4. The SMILES string of the molecule is COc1ccc(C(C)NCc2ccc(C#N)o2)cc1F. The molecule has 1 unspecified atom stereocenters. The van der Waals surface area contributed by atoms with Crippen molar-refractivity contribution in [2.24, 2.45) is 0 Å². The van der Waals surface area contributed by atoms with Crippen LogP contribution in [0.4, 0.5) is 4.39 Å². The Morgan fingerprint density at radius 1 is 1.40 bits per heavy atom. The number of furan rings is 1. The van der Waals surface area contributed by atoms with E-state index in [1.165, 1.54) is 13.2 Å². The number of halogens is 1. The molecule has 0 amide bonds. The van der Waals surface area contributed by atoms with Gasteiger partial charge in [0.2, 0.25) is 5.76 Å². The van der Waals surface area contributed by atoms with Gasteiger partial charge in [0, 0.05) is 6.04 Å². The largest absolute Gasteiger partial charge is 0.494 e. The van der Waals surface area contributed by atoms with E-state index in [1.54, 1.807) is 18.2 Å². The van der Waals surface area contributed by atoms with Crippen molar-refractivity contribution in [3.8, 4) is 11.8 Å². The highest BCUT2D eigenvalue weighted by Gasteiger charge is 2.10. The van der Waals surface area contributed by atoms with Gasteiger partial charge < -0.3 is 14.5 Å². The molecule has 2 rings (SSSR count). The van der Waals surface area contributed by atoms with Crippen LogP contribution >= 0.6 is 0 Å². The minimum atomic E-state index is -0.386. The number of methoxy groups -OCH3 is 1. The van der Waals surface area contributed by atoms with Crippen LogP contribution in [0.1, 0.15) is 30.0 Å². The standard InChI is InChI=1S/C15H15FN2O2/c1-10(11-3-6-15(19-2)14(16)7-11)18-9-13-5-4-12(8-17)20-13/h3-7,10,18H,9H2,1-2H3. The maximum Gasteiger partial charge on any atom is 0.203 e. The highest BCUT2D eigenvalue weighted by atomic mass is 19.1. The molecule has 20 heavy (non-hydrogen) atoms. The van der Waals surface area contributed by atoms with Gasteiger partial charge in [0.25, 0.3) is 0 Å². The van der Waals surface area contributed by atoms with Gasteiger partial charge in [0.05, 0.1) is 13.7 Å². The fourth-order valence-corrected chi connectivity index (χ4v) is 1.86. The second-order valence-electron chi connectivity index (χ2n) is 4.37. The van der Waals surface area contributed by atoms with E-state index in [0.29, 0.717) is 12.3 Å². The second-order valence-corrected chi connectivity index (χ2v) is 4.37. The fourth-order valence-electron chi connectivity index (χ4n) is 1.86. The van der Waals surface area contributed by atoms with Crippen molar-refractivity contribution >= 4 is 0 Å². The maximum absolute atomic E-state index is 13.6. The predicted molar refractivity (Wildman–Crippen MR) is 71.6 cm³/mol. The van der Waals surface area contributed by atoms with Crippen LogP contribution in [0, 0.1) is 17.1 Å². The van der Waals surface area contributed by atoms with Gasteiger partial charge in [-0.3, -0.25) is 0 Å². The summed E-state index contributed by atoms with van der Waals surface area (Å²) in [7, 11) is 1.43. The number of nitrogens with zero attached hydrogens (tertiary/aromatic N) is 1. The van der Waals surface area contributed by atoms with Crippen molar-refractivity contribution in [3.05, 3.63) is 53.2 Å². The summed E-state index contributed by atoms with van der Waals surface area (Å²) >= 11 is 0. The molecule has 4 nitrogen and oxygen atoms in total. The Kier molecular flexibility index (Phi) is 4.38. The fraction of sp³-hybridized carbons (Fsp3) is 0.267. The third-order valence-electron chi connectivity index (χ3n) is 3.03. The molecule has 2 aromatic rings. The molecule has 0 bridgehead atoms. The number of ether oxygens (including phenoxy) is 1. The van der Waals surface area contributed by atoms with E-state index in [4.69, 9.17) is 14.4 Å². The van der Waals surface area contributed by atoms with Gasteiger partial charge in [0.1, 0.15) is 11.8 Å².